The summed E-state index contributed by atoms with van der Waals surface area (Å²) in [6, 6.07) is 22.8. The number of anilines is 1. The van der Waals surface area contributed by atoms with Crippen LogP contribution in [0.2, 0.25) is 0 Å². The monoisotopic (exact) mass is 456 g/mol. The highest BCUT2D eigenvalue weighted by Gasteiger charge is 2.14. The first-order valence-electron chi connectivity index (χ1n) is 10.4. The molecular weight excluding hydrogens is 432 g/mol. The molecule has 6 heteroatoms. The molecule has 1 N–H and O–H groups in total. The number of hydrogen-bond donors (Lipinski definition) is 1. The molecular formula is C27H24N2O3S. The number of rotatable bonds is 7. The molecule has 3 aromatic carbocycles. The Balaban J connectivity index is 1.63. The Hall–Kier alpha value is -3.90. The van der Waals surface area contributed by atoms with Gasteiger partial charge in [-0.15, -0.1) is 11.3 Å². The Morgan fingerprint density at radius 2 is 1.67 bits per heavy atom. The van der Waals surface area contributed by atoms with E-state index in [-0.39, 0.29) is 5.91 Å². The number of ether oxygens (including phenoxy) is 2. The number of carbonyl (C=O) groups excluding carboxylic acids is 1. The van der Waals surface area contributed by atoms with Crippen LogP contribution in [-0.2, 0) is 4.79 Å². The van der Waals surface area contributed by atoms with Crippen LogP contribution in [-0.4, -0.2) is 25.1 Å². The van der Waals surface area contributed by atoms with Crippen molar-refractivity contribution in [1.82, 2.24) is 4.98 Å². The summed E-state index contributed by atoms with van der Waals surface area (Å²) >= 11 is 1.62. The van der Waals surface area contributed by atoms with Crippen molar-refractivity contribution in [3.63, 3.8) is 0 Å². The van der Waals surface area contributed by atoms with Gasteiger partial charge in [0.25, 0.3) is 5.91 Å². The molecule has 0 radical (unpaired) electrons. The van der Waals surface area contributed by atoms with Crippen LogP contribution in [0.25, 0.3) is 22.9 Å². The number of benzene rings is 3. The zero-order valence-electron chi connectivity index (χ0n) is 18.7. The summed E-state index contributed by atoms with van der Waals surface area (Å²) in [5.41, 5.74) is 4.86. The van der Waals surface area contributed by atoms with Crippen LogP contribution in [0.1, 0.15) is 16.1 Å². The van der Waals surface area contributed by atoms with E-state index in [2.05, 4.69) is 10.3 Å². The van der Waals surface area contributed by atoms with E-state index >= 15 is 0 Å². The average Bonchev–Trinajstić information content (AvgIpc) is 3.29. The van der Waals surface area contributed by atoms with Crippen LogP contribution in [0.5, 0.6) is 11.5 Å². The number of aryl methyl sites for hydroxylation is 1. The van der Waals surface area contributed by atoms with Crippen LogP contribution >= 0.6 is 11.3 Å². The van der Waals surface area contributed by atoms with Crippen molar-refractivity contribution in [1.29, 1.82) is 0 Å². The second-order valence-electron chi connectivity index (χ2n) is 7.32. The van der Waals surface area contributed by atoms with Crippen LogP contribution in [0.4, 0.5) is 5.69 Å². The Labute approximate surface area is 197 Å². The lowest BCUT2D eigenvalue weighted by Crippen LogP contribution is -2.13. The topological polar surface area (TPSA) is 60.5 Å². The molecule has 0 spiro atoms. The number of methoxy groups -OCH3 is 2. The third kappa shape index (κ3) is 5.30. The molecule has 1 amide bonds. The zero-order valence-corrected chi connectivity index (χ0v) is 19.5. The Kier molecular flexibility index (Phi) is 6.86. The Morgan fingerprint density at radius 1 is 0.939 bits per heavy atom. The van der Waals surface area contributed by atoms with Gasteiger partial charge < -0.3 is 14.8 Å². The van der Waals surface area contributed by atoms with Gasteiger partial charge in [-0.3, -0.25) is 4.79 Å². The molecule has 166 valence electrons. The number of aromatic nitrogens is 1. The van der Waals surface area contributed by atoms with E-state index in [0.717, 1.165) is 27.4 Å². The summed E-state index contributed by atoms with van der Waals surface area (Å²) in [6.07, 6.45) is 1.85. The average molecular weight is 457 g/mol. The number of amides is 1. The van der Waals surface area contributed by atoms with Crippen molar-refractivity contribution in [2.24, 2.45) is 0 Å². The predicted molar refractivity (Wildman–Crippen MR) is 135 cm³/mol. The van der Waals surface area contributed by atoms with Gasteiger partial charge in [0.15, 0.2) is 11.5 Å². The molecule has 1 heterocycles. The maximum atomic E-state index is 13.3. The third-order valence-corrected chi connectivity index (χ3v) is 5.88. The summed E-state index contributed by atoms with van der Waals surface area (Å²) in [4.78, 5) is 17.8. The largest absolute Gasteiger partial charge is 0.493 e. The molecule has 0 saturated heterocycles. The fraction of sp³-hybridized carbons (Fsp3) is 0.111. The lowest BCUT2D eigenvalue weighted by Gasteiger charge is -2.12. The van der Waals surface area contributed by atoms with E-state index in [9.17, 15) is 4.79 Å². The second-order valence-corrected chi connectivity index (χ2v) is 8.38. The number of hydrogen-bond acceptors (Lipinski definition) is 5. The van der Waals surface area contributed by atoms with Crippen LogP contribution in [0.3, 0.4) is 0 Å². The van der Waals surface area contributed by atoms with Crippen LogP contribution < -0.4 is 14.8 Å². The number of carbonyl (C=O) groups is 1. The van der Waals surface area contributed by atoms with Gasteiger partial charge in [0.2, 0.25) is 0 Å². The normalized spacial score (nSPS) is 11.2. The van der Waals surface area contributed by atoms with E-state index in [1.165, 1.54) is 0 Å². The van der Waals surface area contributed by atoms with E-state index in [1.54, 1.807) is 25.6 Å². The predicted octanol–water partition coefficient (Wildman–Crippen LogP) is 6.32. The highest BCUT2D eigenvalue weighted by Crippen LogP contribution is 2.30. The molecule has 1 aromatic heterocycles. The molecule has 4 rings (SSSR count). The SMILES string of the molecule is COc1ccc(/C=C(/C(=O)Nc2ccc(-c3csc(C)n3)cc2)c2ccccc2)cc1OC. The van der Waals surface area contributed by atoms with Crippen LogP contribution in [0, 0.1) is 6.92 Å². The zero-order chi connectivity index (χ0) is 23.2. The first-order valence-corrected chi connectivity index (χ1v) is 11.3. The lowest BCUT2D eigenvalue weighted by atomic mass is 10.0. The third-order valence-electron chi connectivity index (χ3n) is 5.11. The van der Waals surface area contributed by atoms with Crippen molar-refractivity contribution >= 4 is 34.6 Å². The van der Waals surface area contributed by atoms with Crippen molar-refractivity contribution in [3.8, 4) is 22.8 Å². The molecule has 0 aliphatic heterocycles. The molecule has 4 aromatic rings. The summed E-state index contributed by atoms with van der Waals surface area (Å²) in [6.45, 7) is 1.98. The number of thiazole rings is 1. The fourth-order valence-electron chi connectivity index (χ4n) is 3.43. The second kappa shape index (κ2) is 10.1. The summed E-state index contributed by atoms with van der Waals surface area (Å²) in [5.74, 6) is 1.04. The summed E-state index contributed by atoms with van der Waals surface area (Å²) in [7, 11) is 3.18. The standard InChI is InChI=1S/C27H24N2O3S/c1-18-28-24(17-33-18)21-10-12-22(13-11-21)29-27(30)23(20-7-5-4-6-8-20)15-19-9-14-25(31-2)26(16-19)32-3/h4-17H,1-3H3,(H,29,30)/b23-15+. The van der Waals surface area contributed by atoms with Gasteiger partial charge in [0, 0.05) is 22.2 Å². The van der Waals surface area contributed by atoms with Gasteiger partial charge in [-0.2, -0.15) is 0 Å². The minimum atomic E-state index is -0.201. The molecule has 0 bridgehead atoms. The highest BCUT2D eigenvalue weighted by atomic mass is 32.1. The molecule has 0 saturated carbocycles. The molecule has 0 fully saturated rings. The molecule has 33 heavy (non-hydrogen) atoms. The first-order chi connectivity index (χ1) is 16.1. The van der Waals surface area contributed by atoms with Crippen molar-refractivity contribution in [2.45, 2.75) is 6.92 Å². The van der Waals surface area contributed by atoms with Gasteiger partial charge in [-0.05, 0) is 48.4 Å². The van der Waals surface area contributed by atoms with Gasteiger partial charge in [0.05, 0.1) is 24.9 Å². The number of nitrogens with zero attached hydrogens (tertiary/aromatic N) is 1. The van der Waals surface area contributed by atoms with Crippen LogP contribution in [0.15, 0.2) is 78.2 Å². The minimum Gasteiger partial charge on any atom is -0.493 e. The lowest BCUT2D eigenvalue weighted by molar-refractivity contribution is -0.111. The first kappa shape index (κ1) is 22.3. The molecule has 0 unspecified atom stereocenters. The van der Waals surface area contributed by atoms with Crippen molar-refractivity contribution in [3.05, 3.63) is 94.3 Å². The maximum absolute atomic E-state index is 13.3. The van der Waals surface area contributed by atoms with E-state index in [4.69, 9.17) is 9.47 Å². The quantitative estimate of drug-likeness (QED) is 0.261. The molecule has 5 nitrogen and oxygen atoms in total. The van der Waals surface area contributed by atoms with Gasteiger partial charge >= 0.3 is 0 Å². The van der Waals surface area contributed by atoms with Crippen molar-refractivity contribution < 1.29 is 14.3 Å². The molecule has 0 aliphatic carbocycles. The maximum Gasteiger partial charge on any atom is 0.256 e. The fourth-order valence-corrected chi connectivity index (χ4v) is 4.05. The van der Waals surface area contributed by atoms with E-state index in [0.29, 0.717) is 22.8 Å². The van der Waals surface area contributed by atoms with Gasteiger partial charge in [-0.1, -0.05) is 48.5 Å². The summed E-state index contributed by atoms with van der Waals surface area (Å²) < 4.78 is 10.7. The van der Waals surface area contributed by atoms with Crippen molar-refractivity contribution in [2.75, 3.05) is 19.5 Å². The van der Waals surface area contributed by atoms with Gasteiger partial charge in [-0.25, -0.2) is 4.98 Å². The minimum absolute atomic E-state index is 0.201. The number of nitrogens with one attached hydrogen (secondary N) is 1. The highest BCUT2D eigenvalue weighted by molar-refractivity contribution is 7.09. The smallest absolute Gasteiger partial charge is 0.256 e. The summed E-state index contributed by atoms with van der Waals surface area (Å²) in [5, 5.41) is 6.07. The van der Waals surface area contributed by atoms with Gasteiger partial charge in [0.1, 0.15) is 0 Å². The molecule has 0 aliphatic rings. The Bertz CT molecular complexity index is 1280. The van der Waals surface area contributed by atoms with E-state index in [1.807, 2.05) is 91.2 Å². The molecule has 0 atom stereocenters. The van der Waals surface area contributed by atoms with E-state index < -0.39 is 0 Å². The Morgan fingerprint density at radius 3 is 2.30 bits per heavy atom.